The predicted octanol–water partition coefficient (Wildman–Crippen LogP) is 5.94. The van der Waals surface area contributed by atoms with E-state index in [0.717, 1.165) is 0 Å². The summed E-state index contributed by atoms with van der Waals surface area (Å²) in [5, 5.41) is 3.35. The van der Waals surface area contributed by atoms with Crippen molar-refractivity contribution >= 4 is 23.2 Å². The molecule has 0 saturated heterocycles. The summed E-state index contributed by atoms with van der Waals surface area (Å²) in [6, 6.07) is 21.6. The highest BCUT2D eigenvalue weighted by molar-refractivity contribution is 6.31. The number of methoxy groups -OCH3 is 1. The molecule has 0 aliphatic rings. The molecule has 5 nitrogen and oxygen atoms in total. The van der Waals surface area contributed by atoms with E-state index < -0.39 is 6.10 Å². The molecule has 0 bridgehead atoms. The minimum Gasteiger partial charge on any atom is -0.493 e. The first-order valence-electron chi connectivity index (χ1n) is 9.23. The first-order valence-corrected chi connectivity index (χ1v) is 9.61. The van der Waals surface area contributed by atoms with Crippen molar-refractivity contribution in [2.75, 3.05) is 12.4 Å². The van der Waals surface area contributed by atoms with E-state index in [-0.39, 0.29) is 5.91 Å². The van der Waals surface area contributed by atoms with Gasteiger partial charge in [-0.25, -0.2) is 0 Å². The van der Waals surface area contributed by atoms with Crippen molar-refractivity contribution < 1.29 is 19.0 Å². The Kier molecular flexibility index (Phi) is 6.98. The minimum absolute atomic E-state index is 0.307. The zero-order valence-corrected chi connectivity index (χ0v) is 17.0. The lowest BCUT2D eigenvalue weighted by Gasteiger charge is -2.20. The molecular formula is C23H22ClNO4. The van der Waals surface area contributed by atoms with Crippen LogP contribution >= 0.6 is 11.6 Å². The molecule has 0 aliphatic carbocycles. The maximum Gasteiger partial charge on any atom is 0.265 e. The topological polar surface area (TPSA) is 56.8 Å². The number of para-hydroxylation sites is 3. The highest BCUT2D eigenvalue weighted by Gasteiger charge is 2.21. The van der Waals surface area contributed by atoms with Crippen LogP contribution in [0, 0.1) is 0 Å². The third kappa shape index (κ3) is 5.42. The number of benzene rings is 3. The molecule has 3 aromatic carbocycles. The number of rotatable bonds is 8. The van der Waals surface area contributed by atoms with E-state index in [1.165, 1.54) is 0 Å². The van der Waals surface area contributed by atoms with Gasteiger partial charge in [-0.2, -0.15) is 0 Å². The number of carbonyl (C=O) groups is 1. The Morgan fingerprint density at radius 1 is 0.966 bits per heavy atom. The first kappa shape index (κ1) is 20.6. The molecule has 0 aliphatic heterocycles. The van der Waals surface area contributed by atoms with Crippen LogP contribution < -0.4 is 19.5 Å². The van der Waals surface area contributed by atoms with Gasteiger partial charge in [-0.05, 0) is 48.9 Å². The average molecular weight is 412 g/mol. The van der Waals surface area contributed by atoms with Crippen molar-refractivity contribution in [2.45, 2.75) is 19.4 Å². The largest absolute Gasteiger partial charge is 0.493 e. The lowest BCUT2D eigenvalue weighted by molar-refractivity contribution is -0.122. The van der Waals surface area contributed by atoms with Crippen LogP contribution in [0.1, 0.15) is 13.3 Å². The molecule has 6 heteroatoms. The van der Waals surface area contributed by atoms with Crippen LogP contribution in [0.2, 0.25) is 5.02 Å². The lowest BCUT2D eigenvalue weighted by atomic mass is 10.2. The van der Waals surface area contributed by atoms with Gasteiger partial charge in [0.1, 0.15) is 5.75 Å². The Morgan fingerprint density at radius 2 is 1.66 bits per heavy atom. The molecule has 0 aromatic heterocycles. The number of hydrogen-bond acceptors (Lipinski definition) is 4. The molecule has 0 heterocycles. The van der Waals surface area contributed by atoms with Gasteiger partial charge in [0.25, 0.3) is 5.91 Å². The second kappa shape index (κ2) is 9.85. The number of anilines is 1. The van der Waals surface area contributed by atoms with Gasteiger partial charge in [-0.15, -0.1) is 0 Å². The average Bonchev–Trinajstić information content (AvgIpc) is 2.74. The normalized spacial score (nSPS) is 11.4. The molecule has 3 aromatic rings. The maximum atomic E-state index is 12.9. The van der Waals surface area contributed by atoms with Gasteiger partial charge in [0, 0.05) is 5.02 Å². The maximum absolute atomic E-state index is 12.9. The van der Waals surface area contributed by atoms with E-state index in [1.807, 2.05) is 49.4 Å². The summed E-state index contributed by atoms with van der Waals surface area (Å²) >= 11 is 6.13. The summed E-state index contributed by atoms with van der Waals surface area (Å²) in [5.41, 5.74) is 0.466. The Hall–Kier alpha value is -3.18. The van der Waals surface area contributed by atoms with Crippen LogP contribution in [0.15, 0.2) is 72.8 Å². The van der Waals surface area contributed by atoms with Crippen LogP contribution in [-0.4, -0.2) is 19.1 Å². The Balaban J connectivity index is 1.78. The predicted molar refractivity (Wildman–Crippen MR) is 114 cm³/mol. The molecule has 0 saturated carbocycles. The number of halogens is 1. The van der Waals surface area contributed by atoms with E-state index >= 15 is 0 Å². The number of ether oxygens (including phenoxy) is 3. The molecule has 1 amide bonds. The summed E-state index contributed by atoms with van der Waals surface area (Å²) in [7, 11) is 1.56. The van der Waals surface area contributed by atoms with E-state index in [9.17, 15) is 4.79 Å². The standard InChI is InChI=1S/C23H22ClNO4/c1-3-19(29-22-12-8-7-11-21(22)27-2)23(26)25-18-15-16(24)13-14-20(18)28-17-9-5-4-6-10-17/h4-15,19H,3H2,1-2H3,(H,25,26)/t19-/m0/s1. The zero-order valence-electron chi connectivity index (χ0n) is 16.2. The fourth-order valence-corrected chi connectivity index (χ4v) is 2.88. The molecule has 0 unspecified atom stereocenters. The number of hydrogen-bond donors (Lipinski definition) is 1. The third-order valence-corrected chi connectivity index (χ3v) is 4.41. The molecular weight excluding hydrogens is 390 g/mol. The van der Waals surface area contributed by atoms with Gasteiger partial charge in [0.05, 0.1) is 12.8 Å². The Labute approximate surface area is 175 Å². The quantitative estimate of drug-likeness (QED) is 0.498. The van der Waals surface area contributed by atoms with E-state index in [0.29, 0.717) is 40.1 Å². The monoisotopic (exact) mass is 411 g/mol. The Bertz CT molecular complexity index is 962. The molecule has 1 atom stereocenters. The first-order chi connectivity index (χ1) is 14.1. The molecule has 1 N–H and O–H groups in total. The van der Waals surface area contributed by atoms with Gasteiger partial charge < -0.3 is 19.5 Å². The Morgan fingerprint density at radius 3 is 2.34 bits per heavy atom. The molecule has 0 radical (unpaired) electrons. The molecule has 0 fully saturated rings. The van der Waals surface area contributed by atoms with E-state index in [4.69, 9.17) is 25.8 Å². The van der Waals surface area contributed by atoms with Gasteiger partial charge in [0.2, 0.25) is 0 Å². The molecule has 3 rings (SSSR count). The van der Waals surface area contributed by atoms with Crippen LogP contribution in [-0.2, 0) is 4.79 Å². The number of carbonyl (C=O) groups excluding carboxylic acids is 1. The summed E-state index contributed by atoms with van der Waals surface area (Å²) in [6.07, 6.45) is -0.242. The number of amides is 1. The van der Waals surface area contributed by atoms with Crippen molar-refractivity contribution in [3.63, 3.8) is 0 Å². The summed E-state index contributed by atoms with van der Waals surface area (Å²) in [6.45, 7) is 1.87. The number of nitrogens with one attached hydrogen (secondary N) is 1. The smallest absolute Gasteiger partial charge is 0.265 e. The van der Waals surface area contributed by atoms with Crippen LogP contribution in [0.5, 0.6) is 23.0 Å². The van der Waals surface area contributed by atoms with E-state index in [2.05, 4.69) is 5.32 Å². The van der Waals surface area contributed by atoms with Crippen LogP contribution in [0.3, 0.4) is 0 Å². The van der Waals surface area contributed by atoms with Crippen LogP contribution in [0.4, 0.5) is 5.69 Å². The third-order valence-electron chi connectivity index (χ3n) is 4.17. The highest BCUT2D eigenvalue weighted by Crippen LogP contribution is 2.33. The van der Waals surface area contributed by atoms with Gasteiger partial charge in [-0.1, -0.05) is 48.9 Å². The van der Waals surface area contributed by atoms with Gasteiger partial charge in [-0.3, -0.25) is 4.79 Å². The van der Waals surface area contributed by atoms with E-state index in [1.54, 1.807) is 37.4 Å². The second-order valence-corrected chi connectivity index (χ2v) is 6.65. The van der Waals surface area contributed by atoms with Gasteiger partial charge >= 0.3 is 0 Å². The SMILES string of the molecule is CC[C@H](Oc1ccccc1OC)C(=O)Nc1cc(Cl)ccc1Oc1ccccc1. The van der Waals surface area contributed by atoms with Crippen molar-refractivity contribution in [1.82, 2.24) is 0 Å². The molecule has 29 heavy (non-hydrogen) atoms. The highest BCUT2D eigenvalue weighted by atomic mass is 35.5. The molecule has 0 spiro atoms. The summed E-state index contributed by atoms with van der Waals surface area (Å²) < 4.78 is 17.1. The van der Waals surface area contributed by atoms with Gasteiger partial charge in [0.15, 0.2) is 23.4 Å². The fourth-order valence-electron chi connectivity index (χ4n) is 2.71. The van der Waals surface area contributed by atoms with Crippen molar-refractivity contribution in [3.05, 3.63) is 77.8 Å². The van der Waals surface area contributed by atoms with Crippen molar-refractivity contribution in [1.29, 1.82) is 0 Å². The zero-order chi connectivity index (χ0) is 20.6. The second-order valence-electron chi connectivity index (χ2n) is 6.21. The van der Waals surface area contributed by atoms with Crippen molar-refractivity contribution in [3.8, 4) is 23.0 Å². The van der Waals surface area contributed by atoms with Crippen molar-refractivity contribution in [2.24, 2.45) is 0 Å². The molecule has 150 valence electrons. The minimum atomic E-state index is -0.713. The fraction of sp³-hybridized carbons (Fsp3) is 0.174. The lowest BCUT2D eigenvalue weighted by Crippen LogP contribution is -2.32. The van der Waals surface area contributed by atoms with Crippen LogP contribution in [0.25, 0.3) is 0 Å². The summed E-state index contributed by atoms with van der Waals surface area (Å²) in [4.78, 5) is 12.9. The summed E-state index contributed by atoms with van der Waals surface area (Å²) in [5.74, 6) is 1.90.